The monoisotopic (exact) mass is 350 g/mol. The lowest BCUT2D eigenvalue weighted by atomic mass is 9.95. The normalized spacial score (nSPS) is 18.7. The largest absolute Gasteiger partial charge is 0.364 e. The number of ether oxygens (including phenoxy) is 1. The molecule has 1 atom stereocenters. The van der Waals surface area contributed by atoms with Crippen molar-refractivity contribution in [3.05, 3.63) is 23.1 Å². The molecule has 7 heteroatoms. The molecule has 2 aromatic heterocycles. The van der Waals surface area contributed by atoms with E-state index in [1.54, 1.807) is 7.11 Å². The van der Waals surface area contributed by atoms with E-state index < -0.39 is 8.07 Å². The first-order valence-corrected chi connectivity index (χ1v) is 11.9. The molecule has 3 rings (SSSR count). The highest BCUT2D eigenvalue weighted by Crippen LogP contribution is 2.30. The molecule has 1 aliphatic rings. The summed E-state index contributed by atoms with van der Waals surface area (Å²) in [5.41, 5.74) is 2.33. The molecule has 0 N–H and O–H groups in total. The first-order chi connectivity index (χ1) is 10.9. The predicted octanol–water partition coefficient (Wildman–Crippen LogP) is 3.45. The van der Waals surface area contributed by atoms with Crippen molar-refractivity contribution >= 4 is 36.3 Å². The van der Waals surface area contributed by atoms with Gasteiger partial charge in [0.15, 0.2) is 10.8 Å². The number of allylic oxidation sites excluding steroid dienone is 2. The fourth-order valence-corrected chi connectivity index (χ4v) is 4.05. The van der Waals surface area contributed by atoms with Crippen LogP contribution in [0.2, 0.25) is 24.8 Å². The molecule has 1 unspecified atom stereocenters. The Bertz CT molecular complexity index is 751. The van der Waals surface area contributed by atoms with E-state index >= 15 is 0 Å². The Kier molecular flexibility index (Phi) is 4.58. The SMILES string of the molecule is COCn1c(C2C=CCCC2)nc2c(Cl)nc([Si](C)(C)C)nc21. The molecule has 0 amide bonds. The Morgan fingerprint density at radius 2 is 2.09 bits per heavy atom. The molecule has 0 radical (unpaired) electrons. The fourth-order valence-electron chi connectivity index (χ4n) is 2.89. The molecule has 0 saturated heterocycles. The molecule has 2 aromatic rings. The second-order valence-corrected chi connectivity index (χ2v) is 12.3. The van der Waals surface area contributed by atoms with E-state index in [9.17, 15) is 0 Å². The first-order valence-electron chi connectivity index (χ1n) is 8.01. The van der Waals surface area contributed by atoms with Crippen LogP contribution >= 0.6 is 11.6 Å². The van der Waals surface area contributed by atoms with Crippen LogP contribution in [0.5, 0.6) is 0 Å². The van der Waals surface area contributed by atoms with E-state index in [2.05, 4.69) is 36.8 Å². The zero-order valence-corrected chi connectivity index (χ0v) is 15.9. The Morgan fingerprint density at radius 1 is 1.30 bits per heavy atom. The maximum absolute atomic E-state index is 6.43. The molecule has 0 saturated carbocycles. The zero-order chi connectivity index (χ0) is 16.6. The molecule has 0 fully saturated rings. The second kappa shape index (κ2) is 6.34. The van der Waals surface area contributed by atoms with E-state index in [-0.39, 0.29) is 0 Å². The van der Waals surface area contributed by atoms with Gasteiger partial charge in [-0.2, -0.15) is 0 Å². The lowest BCUT2D eigenvalue weighted by Crippen LogP contribution is -2.42. The second-order valence-electron chi connectivity index (χ2n) is 7.04. The fraction of sp³-hybridized carbons (Fsp3) is 0.562. The van der Waals surface area contributed by atoms with Gasteiger partial charge in [-0.1, -0.05) is 43.4 Å². The summed E-state index contributed by atoms with van der Waals surface area (Å²) in [6.45, 7) is 7.07. The van der Waals surface area contributed by atoms with Crippen molar-refractivity contribution in [2.24, 2.45) is 0 Å². The maximum Gasteiger partial charge on any atom is 0.166 e. The summed E-state index contributed by atoms with van der Waals surface area (Å²) in [7, 11) is 0.0284. The molecule has 1 aliphatic carbocycles. The summed E-state index contributed by atoms with van der Waals surface area (Å²) in [4.78, 5) is 14.1. The van der Waals surface area contributed by atoms with Crippen molar-refractivity contribution in [2.45, 2.75) is 51.6 Å². The number of aromatic nitrogens is 4. The Balaban J connectivity index is 2.21. The first kappa shape index (κ1) is 16.6. The van der Waals surface area contributed by atoms with Gasteiger partial charge in [-0.3, -0.25) is 4.57 Å². The summed E-state index contributed by atoms with van der Waals surface area (Å²) >= 11 is 6.43. The maximum atomic E-state index is 6.43. The topological polar surface area (TPSA) is 52.8 Å². The van der Waals surface area contributed by atoms with E-state index in [1.807, 2.05) is 4.57 Å². The van der Waals surface area contributed by atoms with Gasteiger partial charge in [-0.25, -0.2) is 15.0 Å². The molecule has 5 nitrogen and oxygen atoms in total. The summed E-state index contributed by atoms with van der Waals surface area (Å²) in [6, 6.07) is 0. The van der Waals surface area contributed by atoms with Gasteiger partial charge in [0, 0.05) is 13.0 Å². The minimum Gasteiger partial charge on any atom is -0.364 e. The molecule has 0 spiro atoms. The number of hydrogen-bond acceptors (Lipinski definition) is 4. The van der Waals surface area contributed by atoms with Crippen molar-refractivity contribution in [3.63, 3.8) is 0 Å². The number of imidazole rings is 1. The summed E-state index contributed by atoms with van der Waals surface area (Å²) in [5, 5.41) is 0.448. The summed E-state index contributed by atoms with van der Waals surface area (Å²) < 4.78 is 7.45. The third-order valence-corrected chi connectivity index (χ3v) is 5.93. The highest BCUT2D eigenvalue weighted by Gasteiger charge is 2.26. The minimum atomic E-state index is -1.66. The number of methoxy groups -OCH3 is 1. The molecule has 0 bridgehead atoms. The number of fused-ring (bicyclic) bond motifs is 1. The van der Waals surface area contributed by atoms with Gasteiger partial charge in [0.1, 0.15) is 31.6 Å². The molecular weight excluding hydrogens is 328 g/mol. The predicted molar refractivity (Wildman–Crippen MR) is 96.1 cm³/mol. The molecule has 0 aromatic carbocycles. The van der Waals surface area contributed by atoms with Crippen molar-refractivity contribution < 1.29 is 4.74 Å². The van der Waals surface area contributed by atoms with Gasteiger partial charge in [-0.15, -0.1) is 0 Å². The molecule has 124 valence electrons. The molecule has 0 aliphatic heterocycles. The summed E-state index contributed by atoms with van der Waals surface area (Å²) in [6.07, 6.45) is 7.87. The van der Waals surface area contributed by atoms with Crippen molar-refractivity contribution in [3.8, 4) is 0 Å². The van der Waals surface area contributed by atoms with Crippen LogP contribution in [0.3, 0.4) is 0 Å². The van der Waals surface area contributed by atoms with Crippen molar-refractivity contribution in [1.29, 1.82) is 0 Å². The summed E-state index contributed by atoms with van der Waals surface area (Å²) in [5.74, 6) is 1.27. The molecule has 23 heavy (non-hydrogen) atoms. The van der Waals surface area contributed by atoms with Crippen LogP contribution in [0, 0.1) is 0 Å². The van der Waals surface area contributed by atoms with Gasteiger partial charge in [0.2, 0.25) is 0 Å². The third-order valence-electron chi connectivity index (χ3n) is 4.10. The number of rotatable bonds is 4. The number of nitrogens with zero attached hydrogens (tertiary/aromatic N) is 4. The quantitative estimate of drug-likeness (QED) is 0.481. The highest BCUT2D eigenvalue weighted by atomic mass is 35.5. The smallest absolute Gasteiger partial charge is 0.166 e. The van der Waals surface area contributed by atoms with Crippen LogP contribution < -0.4 is 5.45 Å². The standard InChI is InChI=1S/C16H23ClN4OSi/c1-22-10-21-14(11-8-6-5-7-9-11)18-12-13(17)19-16(20-15(12)21)23(2,3)4/h6,8,11H,5,7,9-10H2,1-4H3. The van der Waals surface area contributed by atoms with Gasteiger partial charge in [0.25, 0.3) is 0 Å². The molecular formula is C16H23ClN4OSi. The lowest BCUT2D eigenvalue weighted by Gasteiger charge is -2.18. The highest BCUT2D eigenvalue weighted by molar-refractivity contribution is 6.87. The van der Waals surface area contributed by atoms with Crippen LogP contribution in [0.15, 0.2) is 12.2 Å². The van der Waals surface area contributed by atoms with Crippen molar-refractivity contribution in [1.82, 2.24) is 19.5 Å². The van der Waals surface area contributed by atoms with E-state index in [1.165, 1.54) is 6.42 Å². The van der Waals surface area contributed by atoms with Gasteiger partial charge < -0.3 is 4.74 Å². The number of halogens is 1. The van der Waals surface area contributed by atoms with E-state index in [0.29, 0.717) is 23.3 Å². The van der Waals surface area contributed by atoms with Gasteiger partial charge in [0.05, 0.1) is 0 Å². The Labute approximate surface area is 142 Å². The Morgan fingerprint density at radius 3 is 2.70 bits per heavy atom. The van der Waals surface area contributed by atoms with Crippen LogP contribution in [-0.2, 0) is 11.5 Å². The van der Waals surface area contributed by atoms with Crippen molar-refractivity contribution in [2.75, 3.05) is 7.11 Å². The zero-order valence-electron chi connectivity index (χ0n) is 14.1. The van der Waals surface area contributed by atoms with Gasteiger partial charge in [-0.05, 0) is 19.3 Å². The van der Waals surface area contributed by atoms with Crippen LogP contribution in [0.1, 0.15) is 31.0 Å². The van der Waals surface area contributed by atoms with Crippen LogP contribution in [0.25, 0.3) is 11.2 Å². The lowest BCUT2D eigenvalue weighted by molar-refractivity contribution is 0.130. The van der Waals surface area contributed by atoms with Crippen LogP contribution in [-0.4, -0.2) is 34.7 Å². The van der Waals surface area contributed by atoms with Crippen LogP contribution in [0.4, 0.5) is 0 Å². The minimum absolute atomic E-state index is 0.291. The average Bonchev–Trinajstić information content (AvgIpc) is 2.87. The average molecular weight is 351 g/mol. The van der Waals surface area contributed by atoms with E-state index in [4.69, 9.17) is 26.3 Å². The van der Waals surface area contributed by atoms with Gasteiger partial charge >= 0.3 is 0 Å². The Hall–Kier alpha value is -1.24. The molecule has 2 heterocycles. The van der Waals surface area contributed by atoms with E-state index in [0.717, 1.165) is 29.8 Å². The third kappa shape index (κ3) is 3.20. The number of hydrogen-bond donors (Lipinski definition) is 0.